The van der Waals surface area contributed by atoms with E-state index in [9.17, 15) is 4.79 Å². The largest absolute Gasteiger partial charge is 0.435 e. The molecule has 104 valence electrons. The van der Waals surface area contributed by atoms with Crippen LogP contribution in [-0.4, -0.2) is 42.1 Å². The van der Waals surface area contributed by atoms with E-state index in [0.29, 0.717) is 17.3 Å². The van der Waals surface area contributed by atoms with Crippen molar-refractivity contribution >= 4 is 5.91 Å². The molecular weight excluding hydrogens is 244 g/mol. The predicted octanol–water partition coefficient (Wildman–Crippen LogP) is 1.80. The summed E-state index contributed by atoms with van der Waals surface area (Å²) in [6, 6.07) is 0. The van der Waals surface area contributed by atoms with Gasteiger partial charge in [-0.3, -0.25) is 4.79 Å². The lowest BCUT2D eigenvalue weighted by Gasteiger charge is -2.46. The summed E-state index contributed by atoms with van der Waals surface area (Å²) >= 11 is 0. The molecule has 0 aromatic carbocycles. The number of amides is 1. The first-order chi connectivity index (χ1) is 9.13. The number of hydrogen-bond acceptors (Lipinski definition) is 4. The van der Waals surface area contributed by atoms with Crippen LogP contribution in [0.1, 0.15) is 41.9 Å². The van der Waals surface area contributed by atoms with Crippen LogP contribution in [0.5, 0.6) is 0 Å². The molecule has 0 unspecified atom stereocenters. The molecule has 0 radical (unpaired) electrons. The van der Waals surface area contributed by atoms with Crippen LogP contribution in [0.2, 0.25) is 0 Å². The fourth-order valence-electron chi connectivity index (χ4n) is 2.92. The highest BCUT2D eigenvalue weighted by atomic mass is 16.5. The second-order valence-electron chi connectivity index (χ2n) is 5.74. The minimum Gasteiger partial charge on any atom is -0.435 e. The van der Waals surface area contributed by atoms with Gasteiger partial charge in [0, 0.05) is 31.5 Å². The van der Waals surface area contributed by atoms with Crippen LogP contribution < -0.4 is 0 Å². The first kappa shape index (κ1) is 12.7. The molecule has 2 aliphatic heterocycles. The van der Waals surface area contributed by atoms with Crippen molar-refractivity contribution in [1.29, 1.82) is 0 Å². The first-order valence-electron chi connectivity index (χ1n) is 6.97. The van der Waals surface area contributed by atoms with Crippen molar-refractivity contribution in [2.45, 2.75) is 33.1 Å². The highest BCUT2D eigenvalue weighted by Crippen LogP contribution is 2.39. The molecule has 1 amide bonds. The molecule has 5 heteroatoms. The van der Waals surface area contributed by atoms with E-state index < -0.39 is 0 Å². The number of rotatable bonds is 3. The molecule has 2 saturated heterocycles. The number of carbonyl (C=O) groups is 1. The molecule has 1 aromatic rings. The molecule has 3 heterocycles. The van der Waals surface area contributed by atoms with Crippen LogP contribution in [0.3, 0.4) is 0 Å². The molecule has 0 aliphatic carbocycles. The second kappa shape index (κ2) is 4.63. The topological polar surface area (TPSA) is 55.6 Å². The van der Waals surface area contributed by atoms with Crippen LogP contribution in [0, 0.1) is 12.3 Å². The van der Waals surface area contributed by atoms with E-state index in [-0.39, 0.29) is 11.3 Å². The fraction of sp³-hybridized carbons (Fsp3) is 0.714. The van der Waals surface area contributed by atoms with Crippen LogP contribution in [0.25, 0.3) is 0 Å². The van der Waals surface area contributed by atoms with E-state index in [1.165, 1.54) is 0 Å². The van der Waals surface area contributed by atoms with Crippen LogP contribution in [0.4, 0.5) is 0 Å². The quantitative estimate of drug-likeness (QED) is 0.835. The average molecular weight is 264 g/mol. The van der Waals surface area contributed by atoms with Gasteiger partial charge in [0.2, 0.25) is 5.76 Å². The Balaban J connectivity index is 1.68. The van der Waals surface area contributed by atoms with E-state index in [0.717, 1.165) is 45.6 Å². The average Bonchev–Trinajstić information content (AvgIpc) is 2.94. The maximum Gasteiger partial charge on any atom is 0.291 e. The number of carbonyl (C=O) groups excluding carboxylic acids is 1. The third kappa shape index (κ3) is 2.16. The number of oxazole rings is 1. The molecule has 1 spiro atoms. The zero-order valence-corrected chi connectivity index (χ0v) is 11.6. The number of nitrogens with zero attached hydrogens (tertiary/aromatic N) is 2. The van der Waals surface area contributed by atoms with E-state index in [4.69, 9.17) is 9.15 Å². The summed E-state index contributed by atoms with van der Waals surface area (Å²) < 4.78 is 11.0. The predicted molar refractivity (Wildman–Crippen MR) is 69.0 cm³/mol. The minimum absolute atomic E-state index is 0.0233. The fourth-order valence-corrected chi connectivity index (χ4v) is 2.92. The zero-order valence-electron chi connectivity index (χ0n) is 11.6. The number of aryl methyl sites for hydroxylation is 2. The lowest BCUT2D eigenvalue weighted by molar-refractivity contribution is -0.00184. The molecule has 19 heavy (non-hydrogen) atoms. The summed E-state index contributed by atoms with van der Waals surface area (Å²) in [6.45, 7) is 7.09. The number of ether oxygens (including phenoxy) is 1. The minimum atomic E-state index is -0.0233. The smallest absolute Gasteiger partial charge is 0.291 e. The van der Waals surface area contributed by atoms with Crippen molar-refractivity contribution < 1.29 is 13.9 Å². The van der Waals surface area contributed by atoms with Crippen molar-refractivity contribution in [3.05, 3.63) is 17.3 Å². The summed E-state index contributed by atoms with van der Waals surface area (Å²) in [7, 11) is 0. The Bertz CT molecular complexity index is 481. The van der Waals surface area contributed by atoms with E-state index in [1.807, 2.05) is 11.8 Å². The van der Waals surface area contributed by atoms with Gasteiger partial charge in [-0.25, -0.2) is 4.98 Å². The molecule has 2 aliphatic rings. The Labute approximate surface area is 112 Å². The SMILES string of the molecule is CCCc1nc(C)c(C(=O)N2CC3(CCOC3)C2)o1. The Morgan fingerprint density at radius 3 is 2.89 bits per heavy atom. The maximum absolute atomic E-state index is 12.4. The first-order valence-corrected chi connectivity index (χ1v) is 6.97. The van der Waals surface area contributed by atoms with Gasteiger partial charge in [-0.2, -0.15) is 0 Å². The molecule has 2 fully saturated rings. The van der Waals surface area contributed by atoms with Gasteiger partial charge >= 0.3 is 0 Å². The summed E-state index contributed by atoms with van der Waals surface area (Å²) in [5.41, 5.74) is 0.924. The van der Waals surface area contributed by atoms with Gasteiger partial charge in [0.1, 0.15) is 0 Å². The Morgan fingerprint density at radius 1 is 1.47 bits per heavy atom. The molecule has 5 nitrogen and oxygen atoms in total. The van der Waals surface area contributed by atoms with Gasteiger partial charge < -0.3 is 14.1 Å². The maximum atomic E-state index is 12.4. The number of likely N-dealkylation sites (tertiary alicyclic amines) is 1. The standard InChI is InChI=1S/C14H20N2O3/c1-3-4-11-15-10(2)12(19-11)13(17)16-7-14(8-16)5-6-18-9-14/h3-9H2,1-2H3. The van der Waals surface area contributed by atoms with Crippen molar-refractivity contribution in [2.24, 2.45) is 5.41 Å². The summed E-state index contributed by atoms with van der Waals surface area (Å²) in [4.78, 5) is 18.5. The van der Waals surface area contributed by atoms with Crippen LogP contribution in [-0.2, 0) is 11.2 Å². The Morgan fingerprint density at radius 2 is 2.26 bits per heavy atom. The van der Waals surface area contributed by atoms with E-state index in [1.54, 1.807) is 0 Å². The lowest BCUT2D eigenvalue weighted by atomic mass is 9.79. The third-order valence-corrected chi connectivity index (χ3v) is 4.02. The molecule has 0 bridgehead atoms. The molecule has 0 saturated carbocycles. The summed E-state index contributed by atoms with van der Waals surface area (Å²) in [6.07, 6.45) is 2.82. The van der Waals surface area contributed by atoms with Crippen molar-refractivity contribution in [3.63, 3.8) is 0 Å². The van der Waals surface area contributed by atoms with E-state index >= 15 is 0 Å². The number of aromatic nitrogens is 1. The molecule has 0 atom stereocenters. The second-order valence-corrected chi connectivity index (χ2v) is 5.74. The van der Waals surface area contributed by atoms with Crippen LogP contribution in [0.15, 0.2) is 4.42 Å². The lowest BCUT2D eigenvalue weighted by Crippen LogP contribution is -2.58. The number of hydrogen-bond donors (Lipinski definition) is 0. The van der Waals surface area contributed by atoms with Crippen LogP contribution >= 0.6 is 0 Å². The molecule has 1 aromatic heterocycles. The van der Waals surface area contributed by atoms with Crippen molar-refractivity contribution in [2.75, 3.05) is 26.3 Å². The van der Waals surface area contributed by atoms with Crippen molar-refractivity contribution in [3.8, 4) is 0 Å². The van der Waals surface area contributed by atoms with E-state index in [2.05, 4.69) is 11.9 Å². The Kier molecular flexibility index (Phi) is 3.09. The van der Waals surface area contributed by atoms with Gasteiger partial charge in [-0.1, -0.05) is 6.92 Å². The van der Waals surface area contributed by atoms with Gasteiger partial charge in [-0.15, -0.1) is 0 Å². The monoisotopic (exact) mass is 264 g/mol. The third-order valence-electron chi connectivity index (χ3n) is 4.02. The van der Waals surface area contributed by atoms with Gasteiger partial charge in [-0.05, 0) is 19.8 Å². The summed E-state index contributed by atoms with van der Waals surface area (Å²) in [5, 5.41) is 0. The van der Waals surface area contributed by atoms with Gasteiger partial charge in [0.05, 0.1) is 12.3 Å². The van der Waals surface area contributed by atoms with Crippen molar-refractivity contribution in [1.82, 2.24) is 9.88 Å². The van der Waals surface area contributed by atoms with Gasteiger partial charge in [0.15, 0.2) is 5.89 Å². The summed E-state index contributed by atoms with van der Waals surface area (Å²) in [5.74, 6) is 1.06. The van der Waals surface area contributed by atoms with Gasteiger partial charge in [0.25, 0.3) is 5.91 Å². The highest BCUT2D eigenvalue weighted by Gasteiger charge is 2.48. The normalized spacial score (nSPS) is 20.8. The highest BCUT2D eigenvalue weighted by molar-refractivity contribution is 5.93. The molecule has 0 N–H and O–H groups in total. The Hall–Kier alpha value is -1.36. The molecular formula is C14H20N2O3. The molecule has 3 rings (SSSR count). The zero-order chi connectivity index (χ0) is 13.5.